The Labute approximate surface area is 172 Å². The highest BCUT2D eigenvalue weighted by molar-refractivity contribution is 5.83. The third-order valence-corrected chi connectivity index (χ3v) is 4.51. The molecule has 30 heavy (non-hydrogen) atoms. The molecule has 3 rings (SSSR count). The van der Waals surface area contributed by atoms with Crippen molar-refractivity contribution in [3.8, 4) is 11.8 Å². The summed E-state index contributed by atoms with van der Waals surface area (Å²) < 4.78 is 56.0. The van der Waals surface area contributed by atoms with Crippen molar-refractivity contribution in [2.45, 2.75) is 19.8 Å². The van der Waals surface area contributed by atoms with Gasteiger partial charge in [0.25, 0.3) is 0 Å². The highest BCUT2D eigenvalue weighted by atomic mass is 19.2. The van der Waals surface area contributed by atoms with Crippen LogP contribution in [0.5, 0.6) is 0 Å². The molecule has 0 bridgehead atoms. The molecule has 0 aliphatic carbocycles. The normalized spacial score (nSPS) is 11.5. The van der Waals surface area contributed by atoms with Gasteiger partial charge in [-0.25, -0.2) is 17.6 Å². The number of nitrogen functional groups attached to an aromatic ring is 1. The molecule has 5 heteroatoms. The van der Waals surface area contributed by atoms with Crippen LogP contribution in [0.2, 0.25) is 0 Å². The monoisotopic (exact) mass is 409 g/mol. The van der Waals surface area contributed by atoms with E-state index in [1.165, 1.54) is 24.3 Å². The summed E-state index contributed by atoms with van der Waals surface area (Å²) in [6.07, 6.45) is 1.86. The van der Waals surface area contributed by atoms with Crippen molar-refractivity contribution in [2.24, 2.45) is 0 Å². The van der Waals surface area contributed by atoms with Gasteiger partial charge in [0.2, 0.25) is 0 Å². The van der Waals surface area contributed by atoms with Gasteiger partial charge in [-0.15, -0.1) is 0 Å². The minimum atomic E-state index is -0.972. The quantitative estimate of drug-likeness (QED) is 0.222. The molecule has 2 N–H and O–H groups in total. The molecule has 0 saturated carbocycles. The zero-order valence-electron chi connectivity index (χ0n) is 16.3. The van der Waals surface area contributed by atoms with E-state index >= 15 is 0 Å². The van der Waals surface area contributed by atoms with Crippen LogP contribution in [0.1, 0.15) is 41.2 Å². The highest BCUT2D eigenvalue weighted by Gasteiger charge is 2.11. The van der Waals surface area contributed by atoms with E-state index < -0.39 is 29.0 Å². The fraction of sp³-hybridized carbons (Fsp3) is 0.120. The van der Waals surface area contributed by atoms with Crippen LogP contribution in [-0.4, -0.2) is 0 Å². The summed E-state index contributed by atoms with van der Waals surface area (Å²) in [6, 6.07) is 14.6. The van der Waals surface area contributed by atoms with Gasteiger partial charge in [0, 0.05) is 22.3 Å². The van der Waals surface area contributed by atoms with E-state index in [-0.39, 0.29) is 16.7 Å². The topological polar surface area (TPSA) is 26.0 Å². The van der Waals surface area contributed by atoms with Gasteiger partial charge >= 0.3 is 0 Å². The van der Waals surface area contributed by atoms with Crippen molar-refractivity contribution in [2.75, 3.05) is 5.73 Å². The van der Waals surface area contributed by atoms with Crippen LogP contribution in [0.15, 0.2) is 60.7 Å². The van der Waals surface area contributed by atoms with Crippen LogP contribution in [-0.2, 0) is 6.42 Å². The molecular formula is C25H19F4N. The largest absolute Gasteiger partial charge is 0.394 e. The molecular weight excluding hydrogens is 390 g/mol. The fourth-order valence-corrected chi connectivity index (χ4v) is 2.86. The molecule has 1 nitrogen and oxygen atoms in total. The summed E-state index contributed by atoms with van der Waals surface area (Å²) in [6.45, 7) is 2.05. The van der Waals surface area contributed by atoms with Crippen LogP contribution in [0.4, 0.5) is 23.2 Å². The van der Waals surface area contributed by atoms with E-state index in [1.54, 1.807) is 24.3 Å². The molecule has 0 amide bonds. The first-order valence-electron chi connectivity index (χ1n) is 9.40. The fourth-order valence-electron chi connectivity index (χ4n) is 2.86. The van der Waals surface area contributed by atoms with Crippen LogP contribution in [0.3, 0.4) is 0 Å². The van der Waals surface area contributed by atoms with Gasteiger partial charge in [-0.2, -0.15) is 0 Å². The molecule has 0 unspecified atom stereocenters. The lowest BCUT2D eigenvalue weighted by atomic mass is 10.0. The number of aryl methyl sites for hydroxylation is 1. The van der Waals surface area contributed by atoms with Gasteiger partial charge in [0.15, 0.2) is 11.7 Å². The van der Waals surface area contributed by atoms with Crippen molar-refractivity contribution < 1.29 is 17.6 Å². The third-order valence-electron chi connectivity index (χ3n) is 4.51. The van der Waals surface area contributed by atoms with E-state index in [9.17, 15) is 17.6 Å². The second-order valence-electron chi connectivity index (χ2n) is 6.76. The van der Waals surface area contributed by atoms with Crippen molar-refractivity contribution >= 4 is 17.3 Å². The average Bonchev–Trinajstić information content (AvgIpc) is 2.76. The van der Waals surface area contributed by atoms with Crippen molar-refractivity contribution in [3.63, 3.8) is 0 Å². The van der Waals surface area contributed by atoms with Crippen molar-refractivity contribution in [1.82, 2.24) is 0 Å². The van der Waals surface area contributed by atoms with Crippen LogP contribution in [0.25, 0.3) is 11.7 Å². The maximum atomic E-state index is 14.5. The number of nitrogens with two attached hydrogens (primary N) is 1. The number of anilines is 1. The molecule has 0 radical (unpaired) electrons. The summed E-state index contributed by atoms with van der Waals surface area (Å²) in [7, 11) is 0. The Balaban J connectivity index is 1.80. The number of hydrogen-bond donors (Lipinski definition) is 1. The first-order chi connectivity index (χ1) is 14.4. The minimum Gasteiger partial charge on any atom is -0.394 e. The lowest BCUT2D eigenvalue weighted by molar-refractivity contribution is 0.591. The summed E-state index contributed by atoms with van der Waals surface area (Å²) in [5.74, 6) is 1.65. The number of rotatable bonds is 4. The third kappa shape index (κ3) is 4.90. The first kappa shape index (κ1) is 21.2. The molecule has 0 saturated heterocycles. The Morgan fingerprint density at radius 3 is 1.73 bits per heavy atom. The average molecular weight is 409 g/mol. The zero-order valence-corrected chi connectivity index (χ0v) is 16.3. The molecule has 0 aliphatic rings. The smallest absolute Gasteiger partial charge is 0.166 e. The van der Waals surface area contributed by atoms with Gasteiger partial charge in [-0.1, -0.05) is 61.6 Å². The lowest BCUT2D eigenvalue weighted by Crippen LogP contribution is -1.96. The Morgan fingerprint density at radius 1 is 0.767 bits per heavy atom. The van der Waals surface area contributed by atoms with Gasteiger partial charge in [0.05, 0.1) is 0 Å². The van der Waals surface area contributed by atoms with Crippen LogP contribution < -0.4 is 5.73 Å². The van der Waals surface area contributed by atoms with E-state index in [4.69, 9.17) is 5.73 Å². The number of benzene rings is 3. The minimum absolute atomic E-state index is 0.0697. The predicted molar refractivity (Wildman–Crippen MR) is 113 cm³/mol. The second-order valence-corrected chi connectivity index (χ2v) is 6.76. The molecule has 0 aliphatic heterocycles. The zero-order chi connectivity index (χ0) is 21.7. The molecule has 0 heterocycles. The van der Waals surface area contributed by atoms with Gasteiger partial charge in [0.1, 0.15) is 17.3 Å². The summed E-state index contributed by atoms with van der Waals surface area (Å²) in [4.78, 5) is 0. The van der Waals surface area contributed by atoms with E-state index in [1.807, 2.05) is 0 Å². The van der Waals surface area contributed by atoms with Crippen molar-refractivity contribution in [1.29, 1.82) is 0 Å². The Bertz CT molecular complexity index is 1110. The van der Waals surface area contributed by atoms with E-state index in [2.05, 4.69) is 18.8 Å². The van der Waals surface area contributed by atoms with Gasteiger partial charge < -0.3 is 5.73 Å². The maximum Gasteiger partial charge on any atom is 0.166 e. The Hall–Kier alpha value is -3.52. The molecule has 0 spiro atoms. The standard InChI is InChI=1S/C25H19F4N/c1-2-3-16-6-10-19(11-7-16)23(28)24(29)20-12-8-17(9-13-20)4-5-18-14-21(26)25(30)22(27)15-18/h6-15H,2-3,30H2,1H3/b24-23+. The molecule has 3 aromatic carbocycles. The van der Waals surface area contributed by atoms with E-state index in [0.29, 0.717) is 5.56 Å². The first-order valence-corrected chi connectivity index (χ1v) is 9.40. The van der Waals surface area contributed by atoms with Gasteiger partial charge in [-0.3, -0.25) is 0 Å². The molecule has 3 aromatic rings. The lowest BCUT2D eigenvalue weighted by Gasteiger charge is -2.04. The number of halogens is 4. The molecule has 0 aromatic heterocycles. The van der Waals surface area contributed by atoms with Crippen LogP contribution >= 0.6 is 0 Å². The van der Waals surface area contributed by atoms with Gasteiger partial charge in [-0.05, 0) is 36.2 Å². The number of hydrogen-bond acceptors (Lipinski definition) is 1. The second kappa shape index (κ2) is 9.32. The van der Waals surface area contributed by atoms with E-state index in [0.717, 1.165) is 30.5 Å². The molecule has 0 fully saturated rings. The summed E-state index contributed by atoms with van der Waals surface area (Å²) >= 11 is 0. The molecule has 152 valence electrons. The highest BCUT2D eigenvalue weighted by Crippen LogP contribution is 2.29. The summed E-state index contributed by atoms with van der Waals surface area (Å²) in [5.41, 5.74) is 6.57. The van der Waals surface area contributed by atoms with Crippen molar-refractivity contribution in [3.05, 3.63) is 100 Å². The predicted octanol–water partition coefficient (Wildman–Crippen LogP) is 6.66. The Morgan fingerprint density at radius 2 is 1.23 bits per heavy atom. The van der Waals surface area contributed by atoms with Crippen LogP contribution in [0, 0.1) is 23.5 Å². The summed E-state index contributed by atoms with van der Waals surface area (Å²) in [5, 5.41) is 0. The maximum absolute atomic E-state index is 14.5. The molecule has 0 atom stereocenters. The Kier molecular flexibility index (Phi) is 6.58. The SMILES string of the molecule is CCCc1ccc(/C(F)=C(\F)c2ccc(C#Cc3cc(F)c(N)c(F)c3)cc2)cc1.